The first kappa shape index (κ1) is 15.8. The summed E-state index contributed by atoms with van der Waals surface area (Å²) in [5.41, 5.74) is 0. The van der Waals surface area contributed by atoms with Gasteiger partial charge in [0.05, 0.1) is 9.79 Å². The normalized spacial score (nSPS) is 12.9. The highest BCUT2D eigenvalue weighted by Gasteiger charge is 2.14. The minimum absolute atomic E-state index is 0.000350. The van der Waals surface area contributed by atoms with Crippen LogP contribution in [-0.2, 0) is 20.0 Å². The Labute approximate surface area is 113 Å². The van der Waals surface area contributed by atoms with Crippen molar-refractivity contribution in [2.75, 3.05) is 6.54 Å². The molecule has 0 saturated heterocycles. The number of hydrogen-bond donors (Lipinski definition) is 2. The summed E-state index contributed by atoms with van der Waals surface area (Å²) in [5.74, 6) is 0. The van der Waals surface area contributed by atoms with E-state index < -0.39 is 20.0 Å². The third-order valence-electron chi connectivity index (χ3n) is 2.30. The minimum Gasteiger partial charge on any atom is -0.225 e. The molecule has 0 unspecified atom stereocenters. The number of hydrogen-bond acceptors (Lipinski definition) is 4. The van der Waals surface area contributed by atoms with Crippen LogP contribution >= 0.6 is 0 Å². The summed E-state index contributed by atoms with van der Waals surface area (Å²) in [5, 5.41) is 4.93. The summed E-state index contributed by atoms with van der Waals surface area (Å²) < 4.78 is 48.2. The smallest absolute Gasteiger partial charge is 0.225 e. The Bertz CT molecular complexity index is 646. The van der Waals surface area contributed by atoms with Crippen LogP contribution in [0.4, 0.5) is 0 Å². The molecule has 0 spiro atoms. The molecule has 1 rings (SSSR count). The molecular weight excluding hydrogens is 288 g/mol. The molecule has 3 N–H and O–H groups in total. The highest BCUT2D eigenvalue weighted by molar-refractivity contribution is 7.89. The fourth-order valence-corrected chi connectivity index (χ4v) is 2.90. The largest absolute Gasteiger partial charge is 0.240 e. The Kier molecular flexibility index (Phi) is 5.24. The molecule has 1 aromatic rings. The van der Waals surface area contributed by atoms with Gasteiger partial charge in [-0.2, -0.15) is 0 Å². The van der Waals surface area contributed by atoms with Gasteiger partial charge in [-0.1, -0.05) is 12.2 Å². The lowest BCUT2D eigenvalue weighted by Crippen LogP contribution is -2.24. The third-order valence-corrected chi connectivity index (χ3v) is 4.71. The van der Waals surface area contributed by atoms with Crippen molar-refractivity contribution < 1.29 is 16.8 Å². The van der Waals surface area contributed by atoms with Crippen molar-refractivity contribution in [3.05, 3.63) is 36.4 Å². The second kappa shape index (κ2) is 6.29. The second-order valence-corrected chi connectivity index (χ2v) is 7.10. The van der Waals surface area contributed by atoms with Gasteiger partial charge in [0.15, 0.2) is 0 Å². The van der Waals surface area contributed by atoms with E-state index in [1.54, 1.807) is 0 Å². The Morgan fingerprint density at radius 2 is 1.63 bits per heavy atom. The van der Waals surface area contributed by atoms with Crippen molar-refractivity contribution >= 4 is 20.0 Å². The summed E-state index contributed by atoms with van der Waals surface area (Å²) in [7, 11) is -7.44. The lowest BCUT2D eigenvalue weighted by atomic mass is 10.4. The molecule has 0 aromatic heterocycles. The molecular formula is C11H16N2O4S2. The van der Waals surface area contributed by atoms with Crippen molar-refractivity contribution in [1.82, 2.24) is 4.72 Å². The van der Waals surface area contributed by atoms with Gasteiger partial charge in [-0.05, 0) is 37.6 Å². The van der Waals surface area contributed by atoms with E-state index in [1.165, 1.54) is 12.1 Å². The molecule has 0 bridgehead atoms. The standard InChI is InChI=1S/C11H16N2O4S2/c1-2-3-4-9-13-19(16,17)11-7-5-10(6-8-11)18(12,14)15/h2-3,5-8,13H,4,9H2,1H3,(H2,12,14,15)/b3-2+. The van der Waals surface area contributed by atoms with Crippen LogP contribution in [0.2, 0.25) is 0 Å². The number of nitrogens with two attached hydrogens (primary N) is 1. The molecule has 0 saturated carbocycles. The molecule has 6 nitrogen and oxygen atoms in total. The Morgan fingerprint density at radius 1 is 1.11 bits per heavy atom. The fourth-order valence-electron chi connectivity index (χ4n) is 1.34. The Morgan fingerprint density at radius 3 is 2.11 bits per heavy atom. The first-order chi connectivity index (χ1) is 8.77. The van der Waals surface area contributed by atoms with Gasteiger partial charge in [0.2, 0.25) is 20.0 Å². The van der Waals surface area contributed by atoms with Crippen LogP contribution in [0.25, 0.3) is 0 Å². The average molecular weight is 304 g/mol. The molecule has 1 aromatic carbocycles. The van der Waals surface area contributed by atoms with E-state index in [1.807, 2.05) is 19.1 Å². The maximum atomic E-state index is 11.8. The molecule has 0 aliphatic rings. The van der Waals surface area contributed by atoms with Gasteiger partial charge in [0, 0.05) is 6.54 Å². The van der Waals surface area contributed by atoms with Gasteiger partial charge in [-0.25, -0.2) is 26.7 Å². The lowest BCUT2D eigenvalue weighted by Gasteiger charge is -2.06. The van der Waals surface area contributed by atoms with Crippen LogP contribution in [0, 0.1) is 0 Å². The van der Waals surface area contributed by atoms with Gasteiger partial charge >= 0.3 is 0 Å². The maximum Gasteiger partial charge on any atom is 0.240 e. The topological polar surface area (TPSA) is 106 Å². The zero-order chi connectivity index (χ0) is 14.5. The van der Waals surface area contributed by atoms with E-state index in [4.69, 9.17) is 5.14 Å². The predicted octanol–water partition coefficient (Wildman–Crippen LogP) is 0.579. The summed E-state index contributed by atoms with van der Waals surface area (Å²) in [6, 6.07) is 4.74. The molecule has 0 radical (unpaired) electrons. The molecule has 0 amide bonds. The number of sulfonamides is 2. The zero-order valence-electron chi connectivity index (χ0n) is 10.4. The number of rotatable bonds is 6. The molecule has 0 aliphatic heterocycles. The third kappa shape index (κ3) is 4.75. The predicted molar refractivity (Wildman–Crippen MR) is 72.4 cm³/mol. The fraction of sp³-hybridized carbons (Fsp3) is 0.273. The van der Waals surface area contributed by atoms with Gasteiger partial charge in [-0.15, -0.1) is 0 Å². The zero-order valence-corrected chi connectivity index (χ0v) is 12.0. The molecule has 0 fully saturated rings. The highest BCUT2D eigenvalue weighted by atomic mass is 32.2. The van der Waals surface area contributed by atoms with Crippen molar-refractivity contribution in [2.45, 2.75) is 23.1 Å². The Balaban J connectivity index is 2.85. The second-order valence-electron chi connectivity index (χ2n) is 3.77. The molecule has 19 heavy (non-hydrogen) atoms. The summed E-state index contributed by atoms with van der Waals surface area (Å²) in [6.07, 6.45) is 4.26. The summed E-state index contributed by atoms with van der Waals surface area (Å²) in [4.78, 5) is -0.124. The van der Waals surface area contributed by atoms with Crippen molar-refractivity contribution in [1.29, 1.82) is 0 Å². The van der Waals surface area contributed by atoms with Crippen molar-refractivity contribution in [3.8, 4) is 0 Å². The van der Waals surface area contributed by atoms with E-state index in [9.17, 15) is 16.8 Å². The van der Waals surface area contributed by atoms with Crippen LogP contribution in [0.1, 0.15) is 13.3 Å². The maximum absolute atomic E-state index is 11.8. The average Bonchev–Trinajstić information content (AvgIpc) is 2.34. The molecule has 0 atom stereocenters. The number of benzene rings is 1. The van der Waals surface area contributed by atoms with Crippen LogP contribution in [-0.4, -0.2) is 23.4 Å². The van der Waals surface area contributed by atoms with Gasteiger partial charge in [0.1, 0.15) is 0 Å². The first-order valence-electron chi connectivity index (χ1n) is 5.51. The van der Waals surface area contributed by atoms with Crippen LogP contribution < -0.4 is 9.86 Å². The number of primary sulfonamides is 1. The minimum atomic E-state index is -3.81. The summed E-state index contributed by atoms with van der Waals surface area (Å²) in [6.45, 7) is 2.13. The molecule has 8 heteroatoms. The van der Waals surface area contributed by atoms with E-state index >= 15 is 0 Å². The first-order valence-corrected chi connectivity index (χ1v) is 8.54. The molecule has 0 heterocycles. The van der Waals surface area contributed by atoms with Crippen LogP contribution in [0.5, 0.6) is 0 Å². The van der Waals surface area contributed by atoms with Gasteiger partial charge in [-0.3, -0.25) is 0 Å². The number of nitrogens with one attached hydrogen (secondary N) is 1. The van der Waals surface area contributed by atoms with E-state index in [-0.39, 0.29) is 16.3 Å². The Hall–Kier alpha value is -1.22. The summed E-state index contributed by atoms with van der Waals surface area (Å²) >= 11 is 0. The van der Waals surface area contributed by atoms with E-state index in [0.29, 0.717) is 6.42 Å². The van der Waals surface area contributed by atoms with Crippen LogP contribution in [0.3, 0.4) is 0 Å². The van der Waals surface area contributed by atoms with Gasteiger partial charge in [0.25, 0.3) is 0 Å². The number of allylic oxidation sites excluding steroid dienone is 1. The van der Waals surface area contributed by atoms with E-state index in [0.717, 1.165) is 12.1 Å². The van der Waals surface area contributed by atoms with E-state index in [2.05, 4.69) is 4.72 Å². The van der Waals surface area contributed by atoms with Gasteiger partial charge < -0.3 is 0 Å². The van der Waals surface area contributed by atoms with Crippen LogP contribution in [0.15, 0.2) is 46.2 Å². The molecule has 0 aliphatic carbocycles. The van der Waals surface area contributed by atoms with Crippen molar-refractivity contribution in [2.24, 2.45) is 5.14 Å². The highest BCUT2D eigenvalue weighted by Crippen LogP contribution is 2.13. The molecule has 106 valence electrons. The van der Waals surface area contributed by atoms with Crippen molar-refractivity contribution in [3.63, 3.8) is 0 Å². The lowest BCUT2D eigenvalue weighted by molar-refractivity contribution is 0.581. The monoisotopic (exact) mass is 304 g/mol. The quantitative estimate of drug-likeness (QED) is 0.592. The SMILES string of the molecule is C/C=C/CCNS(=O)(=O)c1ccc(S(N)(=O)=O)cc1.